The maximum Gasteiger partial charge on any atom is 0.244 e. The Labute approximate surface area is 148 Å². The Kier molecular flexibility index (Phi) is 6.08. The monoisotopic (exact) mass is 375 g/mol. The van der Waals surface area contributed by atoms with E-state index < -0.39 is 10.0 Å². The van der Waals surface area contributed by atoms with Crippen molar-refractivity contribution < 1.29 is 17.9 Å². The number of hydrogen-bond donors (Lipinski definition) is 3. The number of methoxy groups -OCH3 is 1. The van der Waals surface area contributed by atoms with Crippen LogP contribution in [0.1, 0.15) is 19.3 Å². The van der Waals surface area contributed by atoms with E-state index in [0.717, 1.165) is 25.8 Å². The largest absolute Gasteiger partial charge is 0.495 e. The summed E-state index contributed by atoms with van der Waals surface area (Å²) in [6.07, 6.45) is 2.50. The maximum absolute atomic E-state index is 12.4. The zero-order chi connectivity index (χ0) is 16.4. The highest BCUT2D eigenvalue weighted by Crippen LogP contribution is 2.30. The van der Waals surface area contributed by atoms with E-state index in [4.69, 9.17) is 4.74 Å². The lowest BCUT2D eigenvalue weighted by molar-refractivity contribution is -0.119. The molecule has 0 bridgehead atoms. The SMILES string of the molecule is COc1ccc(NC(=O)C2CCNC2)cc1S(=O)(=O)NC1CC1.Cl. The molecule has 2 aliphatic rings. The Hall–Kier alpha value is -1.35. The van der Waals surface area contributed by atoms with Crippen LogP contribution in [0.4, 0.5) is 5.69 Å². The van der Waals surface area contributed by atoms with Gasteiger partial charge in [0.1, 0.15) is 10.6 Å². The summed E-state index contributed by atoms with van der Waals surface area (Å²) in [6, 6.07) is 4.66. The predicted octanol–water partition coefficient (Wildman–Crippen LogP) is 1.11. The van der Waals surface area contributed by atoms with Crippen molar-refractivity contribution in [3.8, 4) is 5.75 Å². The minimum absolute atomic E-state index is 0. The van der Waals surface area contributed by atoms with Gasteiger partial charge in [-0.1, -0.05) is 0 Å². The van der Waals surface area contributed by atoms with Crippen molar-refractivity contribution in [2.75, 3.05) is 25.5 Å². The minimum atomic E-state index is -3.66. The van der Waals surface area contributed by atoms with Crippen molar-refractivity contribution in [1.29, 1.82) is 0 Å². The van der Waals surface area contributed by atoms with Gasteiger partial charge in [0.05, 0.1) is 13.0 Å². The van der Waals surface area contributed by atoms with Gasteiger partial charge in [-0.3, -0.25) is 4.79 Å². The summed E-state index contributed by atoms with van der Waals surface area (Å²) in [5, 5.41) is 5.92. The van der Waals surface area contributed by atoms with Gasteiger partial charge in [-0.25, -0.2) is 13.1 Å². The number of carbonyl (C=O) groups excluding carboxylic acids is 1. The van der Waals surface area contributed by atoms with Crippen LogP contribution >= 0.6 is 12.4 Å². The second kappa shape index (κ2) is 7.69. The molecule has 134 valence electrons. The van der Waals surface area contributed by atoms with Gasteiger partial charge >= 0.3 is 0 Å². The van der Waals surface area contributed by atoms with E-state index in [2.05, 4.69) is 15.4 Å². The maximum atomic E-state index is 12.4. The van der Waals surface area contributed by atoms with Crippen molar-refractivity contribution in [3.05, 3.63) is 18.2 Å². The Morgan fingerprint density at radius 1 is 1.29 bits per heavy atom. The zero-order valence-corrected chi connectivity index (χ0v) is 15.0. The summed E-state index contributed by atoms with van der Waals surface area (Å²) in [5.41, 5.74) is 0.457. The Morgan fingerprint density at radius 2 is 2.04 bits per heavy atom. The predicted molar refractivity (Wildman–Crippen MR) is 93.2 cm³/mol. The van der Waals surface area contributed by atoms with E-state index in [-0.39, 0.29) is 40.9 Å². The zero-order valence-electron chi connectivity index (χ0n) is 13.4. The molecule has 1 atom stereocenters. The lowest BCUT2D eigenvalue weighted by atomic mass is 10.1. The highest BCUT2D eigenvalue weighted by molar-refractivity contribution is 7.89. The fourth-order valence-corrected chi connectivity index (χ4v) is 4.07. The summed E-state index contributed by atoms with van der Waals surface area (Å²) in [6.45, 7) is 1.47. The highest BCUT2D eigenvalue weighted by Gasteiger charge is 2.30. The van der Waals surface area contributed by atoms with Crippen molar-refractivity contribution in [2.24, 2.45) is 5.92 Å². The minimum Gasteiger partial charge on any atom is -0.495 e. The molecule has 1 unspecified atom stereocenters. The van der Waals surface area contributed by atoms with Gasteiger partial charge in [-0.05, 0) is 44.0 Å². The molecule has 9 heteroatoms. The first-order valence-electron chi connectivity index (χ1n) is 7.71. The fourth-order valence-electron chi connectivity index (χ4n) is 2.57. The second-order valence-corrected chi connectivity index (χ2v) is 7.62. The lowest BCUT2D eigenvalue weighted by Crippen LogP contribution is -2.27. The molecule has 3 rings (SSSR count). The molecule has 24 heavy (non-hydrogen) atoms. The Morgan fingerprint density at radius 3 is 2.62 bits per heavy atom. The van der Waals surface area contributed by atoms with Crippen LogP contribution in [-0.4, -0.2) is 40.6 Å². The number of amides is 1. The van der Waals surface area contributed by atoms with Crippen LogP contribution in [0.15, 0.2) is 23.1 Å². The summed E-state index contributed by atoms with van der Waals surface area (Å²) in [4.78, 5) is 12.2. The second-order valence-electron chi connectivity index (χ2n) is 5.94. The number of ether oxygens (including phenoxy) is 1. The molecule has 0 spiro atoms. The Balaban J connectivity index is 0.00000208. The Bertz CT molecular complexity index is 701. The first-order chi connectivity index (χ1) is 11.0. The molecule has 3 N–H and O–H groups in total. The van der Waals surface area contributed by atoms with Gasteiger partial charge in [0.2, 0.25) is 15.9 Å². The number of sulfonamides is 1. The number of hydrogen-bond acceptors (Lipinski definition) is 5. The van der Waals surface area contributed by atoms with Gasteiger partial charge in [0.25, 0.3) is 0 Å². The average molecular weight is 376 g/mol. The fraction of sp³-hybridized carbons (Fsp3) is 0.533. The van der Waals surface area contributed by atoms with Crippen molar-refractivity contribution in [3.63, 3.8) is 0 Å². The first-order valence-corrected chi connectivity index (χ1v) is 9.20. The number of rotatable bonds is 6. The molecule has 1 aromatic carbocycles. The van der Waals surface area contributed by atoms with Gasteiger partial charge in [0.15, 0.2) is 0 Å². The quantitative estimate of drug-likeness (QED) is 0.692. The molecule has 1 aromatic rings. The summed E-state index contributed by atoms with van der Waals surface area (Å²) in [5.74, 6) is 0.0825. The smallest absolute Gasteiger partial charge is 0.244 e. The van der Waals surface area contributed by atoms with Crippen LogP contribution in [0.2, 0.25) is 0 Å². The molecule has 1 aliphatic carbocycles. The molecule has 1 saturated carbocycles. The molecular weight excluding hydrogens is 354 g/mol. The standard InChI is InChI=1S/C15H21N3O4S.ClH/c1-22-13-5-4-12(17-15(19)10-6-7-16-9-10)8-14(13)23(20,21)18-11-2-3-11;/h4-5,8,10-11,16,18H,2-3,6-7,9H2,1H3,(H,17,19);1H. The number of nitrogens with one attached hydrogen (secondary N) is 3. The molecule has 1 aliphatic heterocycles. The van der Waals surface area contributed by atoms with Crippen LogP contribution in [0.5, 0.6) is 5.75 Å². The third kappa shape index (κ3) is 4.38. The molecule has 2 fully saturated rings. The average Bonchev–Trinajstić information content (AvgIpc) is 3.15. The molecule has 1 heterocycles. The third-order valence-electron chi connectivity index (χ3n) is 4.05. The molecular formula is C15H22ClN3O4S. The van der Waals surface area contributed by atoms with Crippen molar-refractivity contribution in [2.45, 2.75) is 30.2 Å². The molecule has 0 aromatic heterocycles. The summed E-state index contributed by atoms with van der Waals surface area (Å²) >= 11 is 0. The normalized spacial score (nSPS) is 20.3. The van der Waals surface area contributed by atoms with E-state index in [1.807, 2.05) is 0 Å². The number of carbonyl (C=O) groups is 1. The van der Waals surface area contributed by atoms with Crippen LogP contribution in [0.3, 0.4) is 0 Å². The first kappa shape index (κ1) is 19.0. The topological polar surface area (TPSA) is 96.5 Å². The highest BCUT2D eigenvalue weighted by atomic mass is 35.5. The van der Waals surface area contributed by atoms with Gasteiger partial charge in [0, 0.05) is 18.3 Å². The third-order valence-corrected chi connectivity index (χ3v) is 5.59. The molecule has 1 amide bonds. The van der Waals surface area contributed by atoms with E-state index in [9.17, 15) is 13.2 Å². The number of benzene rings is 1. The van der Waals surface area contributed by atoms with Crippen LogP contribution in [0, 0.1) is 5.92 Å². The number of anilines is 1. The van der Waals surface area contributed by atoms with E-state index in [1.54, 1.807) is 12.1 Å². The van der Waals surface area contributed by atoms with Crippen LogP contribution < -0.4 is 20.1 Å². The van der Waals surface area contributed by atoms with Crippen molar-refractivity contribution >= 4 is 34.0 Å². The molecule has 1 saturated heterocycles. The van der Waals surface area contributed by atoms with Crippen molar-refractivity contribution in [1.82, 2.24) is 10.0 Å². The van der Waals surface area contributed by atoms with Gasteiger partial charge in [-0.15, -0.1) is 12.4 Å². The van der Waals surface area contributed by atoms with E-state index in [0.29, 0.717) is 12.2 Å². The van der Waals surface area contributed by atoms with Crippen LogP contribution in [-0.2, 0) is 14.8 Å². The summed E-state index contributed by atoms with van der Waals surface area (Å²) in [7, 11) is -2.23. The molecule has 7 nitrogen and oxygen atoms in total. The van der Waals surface area contributed by atoms with Crippen LogP contribution in [0.25, 0.3) is 0 Å². The molecule has 0 radical (unpaired) electrons. The van der Waals surface area contributed by atoms with Gasteiger partial charge in [-0.2, -0.15) is 0 Å². The van der Waals surface area contributed by atoms with E-state index in [1.165, 1.54) is 13.2 Å². The number of halogens is 1. The summed E-state index contributed by atoms with van der Waals surface area (Å²) < 4.78 is 32.7. The van der Waals surface area contributed by atoms with E-state index >= 15 is 0 Å². The lowest BCUT2D eigenvalue weighted by Gasteiger charge is -2.14. The van der Waals surface area contributed by atoms with Gasteiger partial charge < -0.3 is 15.4 Å².